The van der Waals surface area contributed by atoms with Crippen molar-refractivity contribution in [2.75, 3.05) is 11.9 Å². The van der Waals surface area contributed by atoms with Crippen molar-refractivity contribution in [2.45, 2.75) is 18.9 Å². The van der Waals surface area contributed by atoms with Gasteiger partial charge in [-0.05, 0) is 30.2 Å². The van der Waals surface area contributed by atoms with Crippen molar-refractivity contribution >= 4 is 34.3 Å². The summed E-state index contributed by atoms with van der Waals surface area (Å²) >= 11 is 0. The Morgan fingerprint density at radius 1 is 1.10 bits per heavy atom. The van der Waals surface area contributed by atoms with Crippen LogP contribution >= 0.6 is 0 Å². The van der Waals surface area contributed by atoms with Gasteiger partial charge < -0.3 is 20.5 Å². The topological polar surface area (TPSA) is 92.2 Å². The molecule has 4 rings (SSSR count). The minimum absolute atomic E-state index is 0.110. The van der Waals surface area contributed by atoms with Crippen molar-refractivity contribution in [3.63, 3.8) is 0 Å². The van der Waals surface area contributed by atoms with Gasteiger partial charge in [-0.3, -0.25) is 14.4 Å². The fourth-order valence-electron chi connectivity index (χ4n) is 3.67. The number of nitrogens with zero attached hydrogens (tertiary/aromatic N) is 1. The van der Waals surface area contributed by atoms with Gasteiger partial charge in [0.2, 0.25) is 11.8 Å². The first kappa shape index (κ1) is 18.7. The molecule has 0 aliphatic carbocycles. The van der Waals surface area contributed by atoms with Crippen molar-refractivity contribution in [1.82, 2.24) is 15.2 Å². The molecule has 0 spiro atoms. The molecule has 3 amide bonds. The molecule has 1 unspecified atom stereocenters. The zero-order valence-electron chi connectivity index (χ0n) is 16.1. The van der Waals surface area contributed by atoms with Crippen molar-refractivity contribution in [3.05, 3.63) is 65.9 Å². The van der Waals surface area contributed by atoms with Crippen LogP contribution in [0.5, 0.6) is 0 Å². The predicted octanol–water partition coefficient (Wildman–Crippen LogP) is 1.98. The van der Waals surface area contributed by atoms with E-state index in [2.05, 4.69) is 38.8 Å². The number of benzene rings is 2. The van der Waals surface area contributed by atoms with Crippen molar-refractivity contribution < 1.29 is 14.4 Å². The van der Waals surface area contributed by atoms with Crippen molar-refractivity contribution in [2.24, 2.45) is 7.05 Å². The standard InChI is InChI=1S/C22H22N4O3/c1-26-13-14(15-6-3-5-9-19(15)26)10-11-23-20(27)12-18-22(29)24-17-8-4-2-7-16(17)21(28)25-18/h2-9,13,18H,10-12H2,1H3,(H,23,27)(H,24,29)(H,25,28). The molecule has 1 aliphatic rings. The molecule has 0 saturated heterocycles. The SMILES string of the molecule is Cn1cc(CCNC(=O)CC2NC(=O)c3ccccc3NC2=O)c2ccccc21. The van der Waals surface area contributed by atoms with Crippen LogP contribution < -0.4 is 16.0 Å². The molecule has 1 atom stereocenters. The lowest BCUT2D eigenvalue weighted by Gasteiger charge is -2.14. The van der Waals surface area contributed by atoms with Crippen LogP contribution in [0, 0.1) is 0 Å². The van der Waals surface area contributed by atoms with E-state index in [9.17, 15) is 14.4 Å². The molecule has 148 valence electrons. The van der Waals surface area contributed by atoms with Gasteiger partial charge in [0.15, 0.2) is 0 Å². The number of aryl methyl sites for hydroxylation is 1. The predicted molar refractivity (Wildman–Crippen MR) is 111 cm³/mol. The van der Waals surface area contributed by atoms with E-state index in [0.717, 1.165) is 16.5 Å². The van der Waals surface area contributed by atoms with Crippen molar-refractivity contribution in [3.8, 4) is 0 Å². The van der Waals surface area contributed by atoms with E-state index >= 15 is 0 Å². The fourth-order valence-corrected chi connectivity index (χ4v) is 3.67. The Hall–Kier alpha value is -3.61. The number of para-hydroxylation sites is 2. The van der Waals surface area contributed by atoms with E-state index < -0.39 is 11.9 Å². The first-order valence-electron chi connectivity index (χ1n) is 9.53. The molecule has 3 aromatic rings. The second-order valence-electron chi connectivity index (χ2n) is 7.15. The molecule has 0 saturated carbocycles. The van der Waals surface area contributed by atoms with Gasteiger partial charge in [-0.15, -0.1) is 0 Å². The van der Waals surface area contributed by atoms with Crippen LogP contribution in [-0.4, -0.2) is 34.9 Å². The third kappa shape index (κ3) is 3.85. The van der Waals surface area contributed by atoms with E-state index in [1.807, 2.05) is 19.2 Å². The minimum atomic E-state index is -0.910. The largest absolute Gasteiger partial charge is 0.356 e. The van der Waals surface area contributed by atoms with Gasteiger partial charge in [-0.25, -0.2) is 0 Å². The van der Waals surface area contributed by atoms with Crippen LogP contribution in [0.15, 0.2) is 54.7 Å². The molecule has 7 nitrogen and oxygen atoms in total. The zero-order chi connectivity index (χ0) is 20.4. The molecule has 1 aliphatic heterocycles. The van der Waals surface area contributed by atoms with E-state index in [1.165, 1.54) is 0 Å². The van der Waals surface area contributed by atoms with E-state index in [4.69, 9.17) is 0 Å². The van der Waals surface area contributed by atoms with Gasteiger partial charge in [-0.2, -0.15) is 0 Å². The number of amides is 3. The van der Waals surface area contributed by atoms with Gasteiger partial charge in [0.25, 0.3) is 5.91 Å². The number of fused-ring (bicyclic) bond motifs is 2. The highest BCUT2D eigenvalue weighted by molar-refractivity contribution is 6.10. The minimum Gasteiger partial charge on any atom is -0.356 e. The number of rotatable bonds is 5. The fraction of sp³-hybridized carbons (Fsp3) is 0.227. The Morgan fingerprint density at radius 2 is 1.86 bits per heavy atom. The summed E-state index contributed by atoms with van der Waals surface area (Å²) in [5.74, 6) is -1.04. The molecule has 0 fully saturated rings. The Bertz CT molecular complexity index is 1100. The van der Waals surface area contributed by atoms with Crippen LogP contribution in [0.1, 0.15) is 22.3 Å². The normalized spacial score (nSPS) is 16.0. The first-order chi connectivity index (χ1) is 14.0. The number of hydrogen-bond donors (Lipinski definition) is 3. The molecule has 0 bridgehead atoms. The Labute approximate surface area is 168 Å². The Balaban J connectivity index is 1.35. The summed E-state index contributed by atoms with van der Waals surface area (Å²) in [6.07, 6.45) is 2.63. The lowest BCUT2D eigenvalue weighted by molar-refractivity contribution is -0.125. The van der Waals surface area contributed by atoms with Gasteiger partial charge >= 0.3 is 0 Å². The smallest absolute Gasteiger partial charge is 0.254 e. The third-order valence-corrected chi connectivity index (χ3v) is 5.14. The lowest BCUT2D eigenvalue weighted by Crippen LogP contribution is -2.44. The number of carbonyl (C=O) groups excluding carboxylic acids is 3. The highest BCUT2D eigenvalue weighted by Gasteiger charge is 2.29. The van der Waals surface area contributed by atoms with Crippen LogP contribution in [0.2, 0.25) is 0 Å². The molecular formula is C22H22N4O3. The highest BCUT2D eigenvalue weighted by atomic mass is 16.2. The molecule has 29 heavy (non-hydrogen) atoms. The summed E-state index contributed by atoms with van der Waals surface area (Å²) in [4.78, 5) is 37.1. The number of hydrogen-bond acceptors (Lipinski definition) is 3. The lowest BCUT2D eigenvalue weighted by atomic mass is 10.1. The summed E-state index contributed by atoms with van der Waals surface area (Å²) in [6.45, 7) is 0.454. The summed E-state index contributed by atoms with van der Waals surface area (Å²) in [6, 6.07) is 14.0. The number of carbonyl (C=O) groups is 3. The second-order valence-corrected chi connectivity index (χ2v) is 7.15. The molecule has 1 aromatic heterocycles. The van der Waals surface area contributed by atoms with Crippen LogP contribution in [0.4, 0.5) is 5.69 Å². The van der Waals surface area contributed by atoms with Crippen LogP contribution in [0.25, 0.3) is 10.9 Å². The van der Waals surface area contributed by atoms with Gasteiger partial charge in [-0.1, -0.05) is 30.3 Å². The third-order valence-electron chi connectivity index (χ3n) is 5.14. The van der Waals surface area contributed by atoms with E-state index in [-0.39, 0.29) is 18.2 Å². The summed E-state index contributed by atoms with van der Waals surface area (Å²) in [7, 11) is 2.00. The number of nitrogens with one attached hydrogen (secondary N) is 3. The van der Waals surface area contributed by atoms with Crippen LogP contribution in [0.3, 0.4) is 0 Å². The Kier molecular flexibility index (Phi) is 5.03. The number of aromatic nitrogens is 1. The first-order valence-corrected chi connectivity index (χ1v) is 9.53. The summed E-state index contributed by atoms with van der Waals surface area (Å²) < 4.78 is 2.07. The quantitative estimate of drug-likeness (QED) is 0.622. The molecule has 2 aromatic carbocycles. The molecule has 3 N–H and O–H groups in total. The van der Waals surface area contributed by atoms with Crippen LogP contribution in [-0.2, 0) is 23.1 Å². The van der Waals surface area contributed by atoms with Gasteiger partial charge in [0.1, 0.15) is 6.04 Å². The second kappa shape index (κ2) is 7.79. The molecule has 2 heterocycles. The maximum atomic E-state index is 12.4. The van der Waals surface area contributed by atoms with Crippen molar-refractivity contribution in [1.29, 1.82) is 0 Å². The molecule has 7 heteroatoms. The highest BCUT2D eigenvalue weighted by Crippen LogP contribution is 2.21. The number of anilines is 1. The maximum absolute atomic E-state index is 12.4. The average Bonchev–Trinajstić information content (AvgIpc) is 2.97. The molecular weight excluding hydrogens is 368 g/mol. The zero-order valence-corrected chi connectivity index (χ0v) is 16.1. The van der Waals surface area contributed by atoms with Gasteiger partial charge in [0.05, 0.1) is 17.7 Å². The molecule has 0 radical (unpaired) electrons. The maximum Gasteiger partial charge on any atom is 0.254 e. The summed E-state index contributed by atoms with van der Waals surface area (Å²) in [5, 5.41) is 9.36. The van der Waals surface area contributed by atoms with Gasteiger partial charge in [0, 0.05) is 30.7 Å². The van der Waals surface area contributed by atoms with E-state index in [1.54, 1.807) is 24.3 Å². The summed E-state index contributed by atoms with van der Waals surface area (Å²) in [5.41, 5.74) is 3.14. The monoisotopic (exact) mass is 390 g/mol. The average molecular weight is 390 g/mol. The Morgan fingerprint density at radius 3 is 2.72 bits per heavy atom. The van der Waals surface area contributed by atoms with E-state index in [0.29, 0.717) is 24.2 Å².